The Morgan fingerprint density at radius 3 is 2.59 bits per heavy atom. The van der Waals surface area contributed by atoms with Crippen LogP contribution in [0.2, 0.25) is 0 Å². The van der Waals surface area contributed by atoms with Gasteiger partial charge in [0.2, 0.25) is 0 Å². The van der Waals surface area contributed by atoms with Crippen molar-refractivity contribution in [2.75, 3.05) is 20.1 Å². The molecule has 102 valence electrons. The average molecular weight is 240 g/mol. The topological polar surface area (TPSA) is 15.3 Å². The molecule has 0 aromatic heterocycles. The van der Waals surface area contributed by atoms with Crippen molar-refractivity contribution in [3.63, 3.8) is 0 Å². The number of hydrogen-bond donors (Lipinski definition) is 1. The molecule has 1 rings (SSSR count). The van der Waals surface area contributed by atoms with Gasteiger partial charge in [-0.3, -0.25) is 0 Å². The lowest BCUT2D eigenvalue weighted by atomic mass is 9.78. The van der Waals surface area contributed by atoms with E-state index < -0.39 is 0 Å². The maximum atomic E-state index is 3.69. The molecule has 1 saturated carbocycles. The van der Waals surface area contributed by atoms with Gasteiger partial charge in [0.15, 0.2) is 0 Å². The highest BCUT2D eigenvalue weighted by Crippen LogP contribution is 2.30. The molecule has 4 atom stereocenters. The molecule has 1 fully saturated rings. The van der Waals surface area contributed by atoms with Gasteiger partial charge in [-0.05, 0) is 58.0 Å². The Kier molecular flexibility index (Phi) is 6.50. The molecule has 2 nitrogen and oxygen atoms in total. The van der Waals surface area contributed by atoms with Crippen molar-refractivity contribution in [1.82, 2.24) is 10.2 Å². The number of hydrogen-bond acceptors (Lipinski definition) is 2. The zero-order valence-corrected chi connectivity index (χ0v) is 12.5. The summed E-state index contributed by atoms with van der Waals surface area (Å²) in [5.41, 5.74) is 0. The Balaban J connectivity index is 2.50. The summed E-state index contributed by atoms with van der Waals surface area (Å²) in [6, 6.07) is 1.47. The smallest absolute Gasteiger partial charge is 0.0108 e. The minimum atomic E-state index is 0.717. The van der Waals surface area contributed by atoms with Crippen molar-refractivity contribution >= 4 is 0 Å². The molecule has 17 heavy (non-hydrogen) atoms. The molecule has 0 heterocycles. The Morgan fingerprint density at radius 2 is 2.00 bits per heavy atom. The Hall–Kier alpha value is -0.0800. The highest BCUT2D eigenvalue weighted by molar-refractivity contribution is 4.85. The third-order valence-corrected chi connectivity index (χ3v) is 4.58. The average Bonchev–Trinajstić information content (AvgIpc) is 2.31. The Bertz CT molecular complexity index is 205. The van der Waals surface area contributed by atoms with Gasteiger partial charge in [0, 0.05) is 18.6 Å². The van der Waals surface area contributed by atoms with Gasteiger partial charge in [-0.15, -0.1) is 0 Å². The molecule has 0 amide bonds. The second-order valence-electron chi connectivity index (χ2n) is 6.04. The first kappa shape index (κ1) is 15.0. The number of nitrogens with one attached hydrogen (secondary N) is 1. The van der Waals surface area contributed by atoms with Crippen LogP contribution in [-0.4, -0.2) is 37.1 Å². The van der Waals surface area contributed by atoms with Crippen molar-refractivity contribution < 1.29 is 0 Å². The summed E-state index contributed by atoms with van der Waals surface area (Å²) < 4.78 is 0. The van der Waals surface area contributed by atoms with Crippen LogP contribution in [0.3, 0.4) is 0 Å². The summed E-state index contributed by atoms with van der Waals surface area (Å²) in [6.45, 7) is 11.6. The molecule has 0 radical (unpaired) electrons. The van der Waals surface area contributed by atoms with Crippen molar-refractivity contribution in [3.05, 3.63) is 0 Å². The van der Waals surface area contributed by atoms with Gasteiger partial charge in [-0.25, -0.2) is 0 Å². The monoisotopic (exact) mass is 240 g/mol. The van der Waals surface area contributed by atoms with E-state index in [4.69, 9.17) is 0 Å². The SMILES string of the molecule is CCNC1CCC(C)CC1CN(C)C(C)CC. The zero-order valence-electron chi connectivity index (χ0n) is 12.5. The quantitative estimate of drug-likeness (QED) is 0.767. The third-order valence-electron chi connectivity index (χ3n) is 4.58. The molecule has 2 heteroatoms. The van der Waals surface area contributed by atoms with Gasteiger partial charge in [-0.2, -0.15) is 0 Å². The first-order valence-electron chi connectivity index (χ1n) is 7.52. The lowest BCUT2D eigenvalue weighted by molar-refractivity contribution is 0.138. The second-order valence-corrected chi connectivity index (χ2v) is 6.04. The molecule has 0 spiro atoms. The maximum absolute atomic E-state index is 3.69. The van der Waals surface area contributed by atoms with Gasteiger partial charge in [0.1, 0.15) is 0 Å². The van der Waals surface area contributed by atoms with E-state index in [1.807, 2.05) is 0 Å². The molecule has 1 aliphatic carbocycles. The summed E-state index contributed by atoms with van der Waals surface area (Å²) >= 11 is 0. The molecule has 0 aromatic rings. The van der Waals surface area contributed by atoms with Crippen LogP contribution in [0.25, 0.3) is 0 Å². The highest BCUT2D eigenvalue weighted by Gasteiger charge is 2.29. The summed E-state index contributed by atoms with van der Waals surface area (Å²) in [5.74, 6) is 1.76. The van der Waals surface area contributed by atoms with Crippen LogP contribution >= 0.6 is 0 Å². The van der Waals surface area contributed by atoms with E-state index >= 15 is 0 Å². The van der Waals surface area contributed by atoms with Gasteiger partial charge in [-0.1, -0.05) is 20.8 Å². The minimum absolute atomic E-state index is 0.717. The van der Waals surface area contributed by atoms with E-state index in [2.05, 4.69) is 45.0 Å². The predicted octanol–water partition coefficient (Wildman–Crippen LogP) is 3.13. The van der Waals surface area contributed by atoms with Crippen LogP contribution in [0.4, 0.5) is 0 Å². The van der Waals surface area contributed by atoms with Gasteiger partial charge in [0.05, 0.1) is 0 Å². The molecule has 0 aliphatic heterocycles. The number of rotatable bonds is 6. The molecule has 1 N–H and O–H groups in total. The predicted molar refractivity (Wildman–Crippen MR) is 76.4 cm³/mol. The fraction of sp³-hybridized carbons (Fsp3) is 1.00. The summed E-state index contributed by atoms with van der Waals surface area (Å²) in [5, 5.41) is 3.69. The van der Waals surface area contributed by atoms with Gasteiger partial charge < -0.3 is 10.2 Å². The fourth-order valence-electron chi connectivity index (χ4n) is 3.09. The van der Waals surface area contributed by atoms with E-state index in [1.165, 1.54) is 32.2 Å². The molecule has 1 aliphatic rings. The van der Waals surface area contributed by atoms with Gasteiger partial charge in [0.25, 0.3) is 0 Å². The standard InChI is InChI=1S/C15H32N2/c1-6-13(4)17(5)11-14-10-12(3)8-9-15(14)16-7-2/h12-16H,6-11H2,1-5H3. The molecule has 0 aromatic carbocycles. The van der Waals surface area contributed by atoms with E-state index in [0.29, 0.717) is 0 Å². The van der Waals surface area contributed by atoms with Crippen LogP contribution < -0.4 is 5.32 Å². The van der Waals surface area contributed by atoms with Crippen molar-refractivity contribution in [2.24, 2.45) is 11.8 Å². The normalized spacial score (nSPS) is 31.8. The minimum Gasteiger partial charge on any atom is -0.314 e. The van der Waals surface area contributed by atoms with Crippen molar-refractivity contribution in [2.45, 2.75) is 65.5 Å². The second kappa shape index (κ2) is 7.38. The van der Waals surface area contributed by atoms with Crippen LogP contribution in [0, 0.1) is 11.8 Å². The molecular weight excluding hydrogens is 208 g/mol. The molecular formula is C15H32N2. The van der Waals surface area contributed by atoms with E-state index in [-0.39, 0.29) is 0 Å². The lowest BCUT2D eigenvalue weighted by Gasteiger charge is -2.39. The Labute approximate surface area is 108 Å². The van der Waals surface area contributed by atoms with Crippen LogP contribution in [0.5, 0.6) is 0 Å². The number of nitrogens with zero attached hydrogens (tertiary/aromatic N) is 1. The lowest BCUT2D eigenvalue weighted by Crippen LogP contribution is -2.46. The van der Waals surface area contributed by atoms with Crippen LogP contribution in [0.15, 0.2) is 0 Å². The first-order chi connectivity index (χ1) is 8.08. The molecule has 0 bridgehead atoms. The van der Waals surface area contributed by atoms with Crippen LogP contribution in [0.1, 0.15) is 53.4 Å². The molecule has 4 unspecified atom stereocenters. The molecule has 0 saturated heterocycles. The first-order valence-corrected chi connectivity index (χ1v) is 7.52. The van der Waals surface area contributed by atoms with Gasteiger partial charge >= 0.3 is 0 Å². The van der Waals surface area contributed by atoms with E-state index in [1.54, 1.807) is 0 Å². The largest absolute Gasteiger partial charge is 0.314 e. The summed E-state index contributed by atoms with van der Waals surface area (Å²) in [4.78, 5) is 2.55. The fourth-order valence-corrected chi connectivity index (χ4v) is 3.09. The maximum Gasteiger partial charge on any atom is 0.0108 e. The summed E-state index contributed by atoms with van der Waals surface area (Å²) in [6.07, 6.45) is 5.43. The third kappa shape index (κ3) is 4.59. The van der Waals surface area contributed by atoms with Crippen LogP contribution in [-0.2, 0) is 0 Å². The zero-order chi connectivity index (χ0) is 12.8. The van der Waals surface area contributed by atoms with Crippen molar-refractivity contribution in [3.8, 4) is 0 Å². The van der Waals surface area contributed by atoms with E-state index in [0.717, 1.165) is 30.5 Å². The van der Waals surface area contributed by atoms with E-state index in [9.17, 15) is 0 Å². The highest BCUT2D eigenvalue weighted by atomic mass is 15.1. The van der Waals surface area contributed by atoms with Crippen molar-refractivity contribution in [1.29, 1.82) is 0 Å². The Morgan fingerprint density at radius 1 is 1.29 bits per heavy atom. The summed E-state index contributed by atoms with van der Waals surface area (Å²) in [7, 11) is 2.29.